The summed E-state index contributed by atoms with van der Waals surface area (Å²) in [7, 11) is 0. The highest BCUT2D eigenvalue weighted by Crippen LogP contribution is 2.17. The molecule has 0 bridgehead atoms. The van der Waals surface area contributed by atoms with Crippen molar-refractivity contribution in [2.24, 2.45) is 0 Å². The first-order valence-corrected chi connectivity index (χ1v) is 6.06. The summed E-state index contributed by atoms with van der Waals surface area (Å²) in [5, 5.41) is 14.9. The molecule has 0 saturated heterocycles. The van der Waals surface area contributed by atoms with Crippen molar-refractivity contribution in [2.75, 3.05) is 6.54 Å². The Balaban J connectivity index is 2.19. The topological polar surface area (TPSA) is 32.3 Å². The van der Waals surface area contributed by atoms with Gasteiger partial charge in [-0.1, -0.05) is 13.0 Å². The summed E-state index contributed by atoms with van der Waals surface area (Å²) >= 11 is 1.77. The number of rotatable bonds is 6. The van der Waals surface area contributed by atoms with Crippen LogP contribution in [0.5, 0.6) is 0 Å². The highest BCUT2D eigenvalue weighted by Gasteiger charge is 2.06. The molecule has 14 heavy (non-hydrogen) atoms. The monoisotopic (exact) mass is 213 g/mol. The van der Waals surface area contributed by atoms with Gasteiger partial charge in [-0.3, -0.25) is 0 Å². The van der Waals surface area contributed by atoms with E-state index in [0.717, 1.165) is 19.4 Å². The predicted molar refractivity (Wildman–Crippen MR) is 61.7 cm³/mol. The molecule has 80 valence electrons. The van der Waals surface area contributed by atoms with E-state index in [0.29, 0.717) is 6.04 Å². The Hall–Kier alpha value is -0.380. The van der Waals surface area contributed by atoms with Crippen LogP contribution < -0.4 is 5.32 Å². The summed E-state index contributed by atoms with van der Waals surface area (Å²) in [4.78, 5) is 1.36. The fourth-order valence-electron chi connectivity index (χ4n) is 1.31. The zero-order chi connectivity index (χ0) is 10.4. The molecule has 1 aromatic heterocycles. The number of thiophene rings is 1. The van der Waals surface area contributed by atoms with Crippen LogP contribution in [-0.4, -0.2) is 17.8 Å². The van der Waals surface area contributed by atoms with Gasteiger partial charge in [-0.25, -0.2) is 0 Å². The van der Waals surface area contributed by atoms with Crippen LogP contribution in [0, 0.1) is 0 Å². The Morgan fingerprint density at radius 1 is 1.57 bits per heavy atom. The summed E-state index contributed by atoms with van der Waals surface area (Å²) in [6, 6.07) is 4.61. The number of hydrogen-bond acceptors (Lipinski definition) is 3. The lowest BCUT2D eigenvalue weighted by atomic mass is 10.2. The highest BCUT2D eigenvalue weighted by molar-refractivity contribution is 7.10. The van der Waals surface area contributed by atoms with Crippen molar-refractivity contribution in [3.05, 3.63) is 22.4 Å². The predicted octanol–water partition coefficient (Wildman–Crippen LogP) is 2.56. The van der Waals surface area contributed by atoms with Gasteiger partial charge in [-0.2, -0.15) is 0 Å². The first-order chi connectivity index (χ1) is 6.74. The Morgan fingerprint density at radius 3 is 2.93 bits per heavy atom. The van der Waals surface area contributed by atoms with Crippen LogP contribution in [0.4, 0.5) is 0 Å². The van der Waals surface area contributed by atoms with Crippen molar-refractivity contribution in [3.63, 3.8) is 0 Å². The van der Waals surface area contributed by atoms with Gasteiger partial charge in [-0.15, -0.1) is 11.3 Å². The second-order valence-corrected chi connectivity index (χ2v) is 4.52. The number of aliphatic hydroxyl groups is 1. The van der Waals surface area contributed by atoms with Crippen molar-refractivity contribution >= 4 is 11.3 Å². The lowest BCUT2D eigenvalue weighted by Crippen LogP contribution is -2.22. The van der Waals surface area contributed by atoms with Crippen LogP contribution in [0.2, 0.25) is 0 Å². The molecule has 3 heteroatoms. The quantitative estimate of drug-likeness (QED) is 0.761. The van der Waals surface area contributed by atoms with E-state index in [1.165, 1.54) is 4.88 Å². The fraction of sp³-hybridized carbons (Fsp3) is 0.636. The average molecular weight is 213 g/mol. The maximum absolute atomic E-state index is 9.36. The van der Waals surface area contributed by atoms with E-state index in [-0.39, 0.29) is 6.10 Å². The Kier molecular flexibility index (Phi) is 5.15. The summed E-state index contributed by atoms with van der Waals surface area (Å²) < 4.78 is 0. The van der Waals surface area contributed by atoms with Crippen LogP contribution in [-0.2, 0) is 0 Å². The van der Waals surface area contributed by atoms with Crippen molar-refractivity contribution in [1.29, 1.82) is 0 Å². The molecule has 2 unspecified atom stereocenters. The summed E-state index contributed by atoms with van der Waals surface area (Å²) in [6.07, 6.45) is 1.53. The molecule has 2 nitrogen and oxygen atoms in total. The van der Waals surface area contributed by atoms with E-state index in [4.69, 9.17) is 0 Å². The summed E-state index contributed by atoms with van der Waals surface area (Å²) in [6.45, 7) is 5.05. The molecule has 0 aromatic carbocycles. The minimum Gasteiger partial charge on any atom is -0.393 e. The number of hydrogen-bond donors (Lipinski definition) is 2. The van der Waals surface area contributed by atoms with Gasteiger partial charge < -0.3 is 10.4 Å². The molecule has 0 fully saturated rings. The fourth-order valence-corrected chi connectivity index (χ4v) is 2.07. The lowest BCUT2D eigenvalue weighted by molar-refractivity contribution is 0.159. The van der Waals surface area contributed by atoms with Crippen LogP contribution >= 0.6 is 11.3 Å². The SMILES string of the molecule is CCC(O)CCNC(C)c1cccs1. The Bertz CT molecular complexity index is 235. The van der Waals surface area contributed by atoms with Gasteiger partial charge in [-0.05, 0) is 37.8 Å². The number of aliphatic hydroxyl groups excluding tert-OH is 1. The van der Waals surface area contributed by atoms with E-state index < -0.39 is 0 Å². The second-order valence-electron chi connectivity index (χ2n) is 3.54. The number of nitrogens with one attached hydrogen (secondary N) is 1. The van der Waals surface area contributed by atoms with E-state index in [2.05, 4.69) is 29.8 Å². The third kappa shape index (κ3) is 3.78. The Labute approximate surface area is 90.0 Å². The van der Waals surface area contributed by atoms with Crippen LogP contribution in [0.15, 0.2) is 17.5 Å². The molecule has 0 aliphatic carbocycles. The zero-order valence-electron chi connectivity index (χ0n) is 8.86. The molecule has 1 rings (SSSR count). The van der Waals surface area contributed by atoms with Gasteiger partial charge in [0.2, 0.25) is 0 Å². The van der Waals surface area contributed by atoms with E-state index in [1.54, 1.807) is 11.3 Å². The third-order valence-electron chi connectivity index (χ3n) is 2.37. The smallest absolute Gasteiger partial charge is 0.0549 e. The van der Waals surface area contributed by atoms with E-state index in [9.17, 15) is 5.11 Å². The molecule has 2 atom stereocenters. The van der Waals surface area contributed by atoms with Gasteiger partial charge >= 0.3 is 0 Å². The van der Waals surface area contributed by atoms with Crippen LogP contribution in [0.25, 0.3) is 0 Å². The molecule has 0 saturated carbocycles. The van der Waals surface area contributed by atoms with Crippen molar-refractivity contribution < 1.29 is 5.11 Å². The van der Waals surface area contributed by atoms with Gasteiger partial charge in [0.25, 0.3) is 0 Å². The largest absolute Gasteiger partial charge is 0.393 e. The minimum absolute atomic E-state index is 0.155. The van der Waals surface area contributed by atoms with Crippen LogP contribution in [0.1, 0.15) is 37.6 Å². The van der Waals surface area contributed by atoms with Crippen molar-refractivity contribution in [2.45, 2.75) is 38.8 Å². The lowest BCUT2D eigenvalue weighted by Gasteiger charge is -2.13. The molecule has 0 aliphatic rings. The average Bonchev–Trinajstić information content (AvgIpc) is 2.70. The molecule has 0 amide bonds. The molecule has 1 aromatic rings. The van der Waals surface area contributed by atoms with Gasteiger partial charge in [0, 0.05) is 10.9 Å². The van der Waals surface area contributed by atoms with E-state index >= 15 is 0 Å². The molecule has 2 N–H and O–H groups in total. The molecular formula is C11H19NOS. The normalized spacial score (nSPS) is 15.4. The first kappa shape index (κ1) is 11.7. The highest BCUT2D eigenvalue weighted by atomic mass is 32.1. The van der Waals surface area contributed by atoms with Gasteiger partial charge in [0.05, 0.1) is 6.10 Å². The first-order valence-electron chi connectivity index (χ1n) is 5.19. The second kappa shape index (κ2) is 6.17. The molecule has 0 radical (unpaired) electrons. The standard InChI is InChI=1S/C11H19NOS/c1-3-10(13)6-7-12-9(2)11-5-4-8-14-11/h4-5,8-10,12-13H,3,6-7H2,1-2H3. The minimum atomic E-state index is -0.155. The molecule has 0 aliphatic heterocycles. The van der Waals surface area contributed by atoms with E-state index in [1.807, 2.05) is 6.92 Å². The van der Waals surface area contributed by atoms with Crippen LogP contribution in [0.3, 0.4) is 0 Å². The molecule has 0 spiro atoms. The van der Waals surface area contributed by atoms with Gasteiger partial charge in [0.1, 0.15) is 0 Å². The summed E-state index contributed by atoms with van der Waals surface area (Å²) in [5.74, 6) is 0. The maximum Gasteiger partial charge on any atom is 0.0549 e. The third-order valence-corrected chi connectivity index (χ3v) is 3.42. The molecule has 1 heterocycles. The molecular weight excluding hydrogens is 194 g/mol. The van der Waals surface area contributed by atoms with Crippen molar-refractivity contribution in [1.82, 2.24) is 5.32 Å². The maximum atomic E-state index is 9.36. The van der Waals surface area contributed by atoms with Gasteiger partial charge in [0.15, 0.2) is 0 Å². The zero-order valence-corrected chi connectivity index (χ0v) is 9.68. The van der Waals surface area contributed by atoms with Crippen molar-refractivity contribution in [3.8, 4) is 0 Å². The summed E-state index contributed by atoms with van der Waals surface area (Å²) in [5.41, 5.74) is 0. The Morgan fingerprint density at radius 2 is 2.36 bits per heavy atom.